The van der Waals surface area contributed by atoms with Crippen LogP contribution in [0, 0.1) is 0 Å². The Kier molecular flexibility index (Phi) is 4.33. The van der Waals surface area contributed by atoms with Gasteiger partial charge in [-0.1, -0.05) is 54.1 Å². The minimum atomic E-state index is -0.271. The van der Waals surface area contributed by atoms with Crippen LogP contribution in [0.15, 0.2) is 67.0 Å². The maximum absolute atomic E-state index is 12.6. The maximum atomic E-state index is 12.6. The Balaban J connectivity index is 1.63. The number of fused-ring (bicyclic) bond motifs is 1. The summed E-state index contributed by atoms with van der Waals surface area (Å²) in [4.78, 5) is 12.6. The molecule has 1 N–H and O–H groups in total. The average Bonchev–Trinajstić information content (AvgIpc) is 3.16. The van der Waals surface area contributed by atoms with E-state index in [9.17, 15) is 4.79 Å². The third-order valence-corrected chi connectivity index (χ3v) is 4.20. The molecule has 2 heterocycles. The smallest absolute Gasteiger partial charge is 0.272 e. The fourth-order valence-electron chi connectivity index (χ4n) is 2.64. The summed E-state index contributed by atoms with van der Waals surface area (Å²) in [7, 11) is 0. The van der Waals surface area contributed by atoms with E-state index in [4.69, 9.17) is 11.6 Å². The van der Waals surface area contributed by atoms with E-state index in [1.807, 2.05) is 42.5 Å². The minimum absolute atomic E-state index is 0.271. The fourth-order valence-corrected chi connectivity index (χ4v) is 2.77. The molecular formula is C19H14ClN5O. The molecule has 0 atom stereocenters. The molecule has 128 valence electrons. The zero-order chi connectivity index (χ0) is 17.9. The Morgan fingerprint density at radius 1 is 1.08 bits per heavy atom. The molecule has 0 unspecified atom stereocenters. The lowest BCUT2D eigenvalue weighted by Gasteiger charge is -2.08. The van der Waals surface area contributed by atoms with E-state index in [0.29, 0.717) is 22.9 Å². The van der Waals surface area contributed by atoms with Gasteiger partial charge >= 0.3 is 0 Å². The predicted octanol–water partition coefficient (Wildman–Crippen LogP) is 3.37. The Morgan fingerprint density at radius 2 is 1.85 bits per heavy atom. The lowest BCUT2D eigenvalue weighted by molar-refractivity contribution is 0.0944. The molecule has 0 spiro atoms. The maximum Gasteiger partial charge on any atom is 0.272 e. The first-order valence-electron chi connectivity index (χ1n) is 8.00. The summed E-state index contributed by atoms with van der Waals surface area (Å²) in [6, 6.07) is 18.8. The highest BCUT2D eigenvalue weighted by Gasteiger charge is 2.14. The van der Waals surface area contributed by atoms with Crippen molar-refractivity contribution in [2.75, 3.05) is 0 Å². The van der Waals surface area contributed by atoms with Gasteiger partial charge in [0, 0.05) is 17.1 Å². The Hall–Kier alpha value is -3.25. The van der Waals surface area contributed by atoms with E-state index in [1.165, 1.54) is 10.8 Å². The van der Waals surface area contributed by atoms with Gasteiger partial charge in [0.1, 0.15) is 12.0 Å². The molecule has 0 saturated heterocycles. The summed E-state index contributed by atoms with van der Waals surface area (Å²) in [5, 5.41) is 15.8. The number of halogens is 1. The molecule has 7 heteroatoms. The van der Waals surface area contributed by atoms with Crippen LogP contribution in [0.5, 0.6) is 0 Å². The highest BCUT2D eigenvalue weighted by molar-refractivity contribution is 6.30. The van der Waals surface area contributed by atoms with E-state index < -0.39 is 0 Å². The van der Waals surface area contributed by atoms with Crippen molar-refractivity contribution in [3.05, 3.63) is 83.3 Å². The molecule has 4 aromatic rings. The van der Waals surface area contributed by atoms with Crippen LogP contribution in [-0.2, 0) is 6.54 Å². The molecule has 0 aliphatic rings. The number of aromatic nitrogens is 4. The summed E-state index contributed by atoms with van der Waals surface area (Å²) in [6.07, 6.45) is 1.48. The number of hydrogen-bond donors (Lipinski definition) is 1. The molecule has 0 bridgehead atoms. The van der Waals surface area contributed by atoms with Crippen LogP contribution in [0.2, 0.25) is 5.02 Å². The van der Waals surface area contributed by atoms with Crippen LogP contribution in [0.4, 0.5) is 0 Å². The zero-order valence-corrected chi connectivity index (χ0v) is 14.4. The third-order valence-electron chi connectivity index (χ3n) is 3.95. The minimum Gasteiger partial charge on any atom is -0.347 e. The van der Waals surface area contributed by atoms with Crippen molar-refractivity contribution >= 4 is 23.2 Å². The van der Waals surface area contributed by atoms with E-state index in [-0.39, 0.29) is 5.91 Å². The first kappa shape index (κ1) is 16.2. The second-order valence-electron chi connectivity index (χ2n) is 5.72. The molecule has 26 heavy (non-hydrogen) atoms. The summed E-state index contributed by atoms with van der Waals surface area (Å²) >= 11 is 5.88. The lowest BCUT2D eigenvalue weighted by Crippen LogP contribution is -2.24. The Morgan fingerprint density at radius 3 is 2.62 bits per heavy atom. The van der Waals surface area contributed by atoms with Gasteiger partial charge in [-0.15, -0.1) is 10.2 Å². The highest BCUT2D eigenvalue weighted by Crippen LogP contribution is 2.23. The molecule has 0 radical (unpaired) electrons. The number of nitrogens with one attached hydrogen (secondary N) is 1. The highest BCUT2D eigenvalue weighted by atomic mass is 35.5. The topological polar surface area (TPSA) is 72.2 Å². The number of amides is 1. The summed E-state index contributed by atoms with van der Waals surface area (Å²) in [5.74, 6) is -0.271. The largest absolute Gasteiger partial charge is 0.347 e. The van der Waals surface area contributed by atoms with Crippen LogP contribution in [0.25, 0.3) is 16.8 Å². The van der Waals surface area contributed by atoms with Gasteiger partial charge in [0.25, 0.3) is 5.91 Å². The Bertz CT molecular complexity index is 1060. The van der Waals surface area contributed by atoms with Gasteiger partial charge in [-0.2, -0.15) is 9.61 Å². The van der Waals surface area contributed by atoms with Crippen LogP contribution in [0.1, 0.15) is 16.1 Å². The van der Waals surface area contributed by atoms with Crippen molar-refractivity contribution in [1.29, 1.82) is 0 Å². The van der Waals surface area contributed by atoms with Gasteiger partial charge in [0.05, 0.1) is 0 Å². The first-order chi connectivity index (χ1) is 12.7. The summed E-state index contributed by atoms with van der Waals surface area (Å²) < 4.78 is 1.51. The zero-order valence-electron chi connectivity index (χ0n) is 13.6. The van der Waals surface area contributed by atoms with E-state index in [2.05, 4.69) is 20.6 Å². The molecule has 6 nitrogen and oxygen atoms in total. The quantitative estimate of drug-likeness (QED) is 0.603. The second kappa shape index (κ2) is 6.93. The Labute approximate surface area is 154 Å². The van der Waals surface area contributed by atoms with Gasteiger partial charge in [-0.05, 0) is 29.3 Å². The molecule has 0 aliphatic heterocycles. The van der Waals surface area contributed by atoms with Gasteiger partial charge < -0.3 is 5.32 Å². The average molecular weight is 364 g/mol. The van der Waals surface area contributed by atoms with E-state index in [1.54, 1.807) is 18.2 Å². The molecule has 0 aliphatic carbocycles. The third kappa shape index (κ3) is 3.27. The monoisotopic (exact) mass is 363 g/mol. The fraction of sp³-hybridized carbons (Fsp3) is 0.0526. The van der Waals surface area contributed by atoms with Crippen LogP contribution >= 0.6 is 11.6 Å². The van der Waals surface area contributed by atoms with Crippen LogP contribution in [-0.4, -0.2) is 25.7 Å². The molecule has 0 saturated carbocycles. The van der Waals surface area contributed by atoms with Crippen molar-refractivity contribution in [3.8, 4) is 11.1 Å². The molecule has 2 aromatic heterocycles. The van der Waals surface area contributed by atoms with Crippen molar-refractivity contribution in [2.24, 2.45) is 0 Å². The van der Waals surface area contributed by atoms with Crippen molar-refractivity contribution < 1.29 is 4.79 Å². The molecule has 4 rings (SSSR count). The number of carbonyl (C=O) groups is 1. The van der Waals surface area contributed by atoms with Crippen LogP contribution in [0.3, 0.4) is 0 Å². The molecule has 0 fully saturated rings. The number of rotatable bonds is 4. The number of nitrogens with zero attached hydrogens (tertiary/aromatic N) is 4. The van der Waals surface area contributed by atoms with Gasteiger partial charge in [0.15, 0.2) is 5.65 Å². The lowest BCUT2D eigenvalue weighted by atomic mass is 10.1. The molecular weight excluding hydrogens is 350 g/mol. The van der Waals surface area contributed by atoms with Crippen molar-refractivity contribution in [3.63, 3.8) is 0 Å². The summed E-state index contributed by atoms with van der Waals surface area (Å²) in [6.45, 7) is 0.387. The first-order valence-corrected chi connectivity index (χ1v) is 8.37. The number of carbonyl (C=O) groups excluding carboxylic acids is 1. The number of benzene rings is 2. The summed E-state index contributed by atoms with van der Waals surface area (Å²) in [5.41, 5.74) is 3.60. The second-order valence-corrected chi connectivity index (χ2v) is 6.15. The number of hydrogen-bond acceptors (Lipinski definition) is 4. The molecule has 1 amide bonds. The van der Waals surface area contributed by atoms with E-state index >= 15 is 0 Å². The van der Waals surface area contributed by atoms with Gasteiger partial charge in [-0.25, -0.2) is 0 Å². The SMILES string of the molecule is O=C(NCc1ccc(Cl)cc1)c1cc(-c2ccccc2)c2nncn2n1. The van der Waals surface area contributed by atoms with Crippen LogP contribution < -0.4 is 5.32 Å². The standard InChI is InChI=1S/C19H14ClN5O/c20-15-8-6-13(7-9-15)11-21-19(26)17-10-16(14-4-2-1-3-5-14)18-23-22-12-25(18)24-17/h1-10,12H,11H2,(H,21,26). The van der Waals surface area contributed by atoms with Gasteiger partial charge in [0.2, 0.25) is 0 Å². The predicted molar refractivity (Wildman–Crippen MR) is 98.8 cm³/mol. The van der Waals surface area contributed by atoms with Gasteiger partial charge in [-0.3, -0.25) is 4.79 Å². The van der Waals surface area contributed by atoms with Crippen molar-refractivity contribution in [1.82, 2.24) is 25.1 Å². The normalized spacial score (nSPS) is 10.8. The van der Waals surface area contributed by atoms with Crippen molar-refractivity contribution in [2.45, 2.75) is 6.54 Å². The van der Waals surface area contributed by atoms with E-state index in [0.717, 1.165) is 16.7 Å². The molecule has 2 aromatic carbocycles.